The highest BCUT2D eigenvalue weighted by molar-refractivity contribution is 7.16. The number of amides is 1. The van der Waals surface area contributed by atoms with E-state index < -0.39 is 24.2 Å². The molecular weight excluding hydrogens is 467 g/mol. The van der Waals surface area contributed by atoms with Gasteiger partial charge in [-0.25, -0.2) is 4.68 Å². The number of carbonyl (C=O) groups is 1. The highest BCUT2D eigenvalue weighted by Gasteiger charge is 2.47. The van der Waals surface area contributed by atoms with E-state index in [0.29, 0.717) is 21.9 Å². The molecule has 1 aliphatic carbocycles. The van der Waals surface area contributed by atoms with E-state index in [0.717, 1.165) is 34.4 Å². The zero-order valence-corrected chi connectivity index (χ0v) is 18.9. The molecule has 0 spiro atoms. The van der Waals surface area contributed by atoms with E-state index >= 15 is 0 Å². The van der Waals surface area contributed by atoms with Crippen LogP contribution in [0.5, 0.6) is 5.75 Å². The summed E-state index contributed by atoms with van der Waals surface area (Å²) in [5.74, 6) is -0.0159. The topological polar surface area (TPSA) is 92.0 Å². The molecule has 0 bridgehead atoms. The second-order valence-corrected chi connectivity index (χ2v) is 9.36. The van der Waals surface area contributed by atoms with Crippen LogP contribution >= 0.6 is 11.3 Å². The summed E-state index contributed by atoms with van der Waals surface area (Å²) in [7, 11) is 1.49. The number of fused-ring (bicyclic) bond motifs is 2. The Labute approximate surface area is 197 Å². The maximum absolute atomic E-state index is 14.0. The van der Waals surface area contributed by atoms with Crippen LogP contribution in [0.25, 0.3) is 0 Å². The van der Waals surface area contributed by atoms with Gasteiger partial charge < -0.3 is 15.4 Å². The van der Waals surface area contributed by atoms with Crippen molar-refractivity contribution in [1.29, 1.82) is 5.26 Å². The Balaban J connectivity index is 1.45. The molecule has 7 nitrogen and oxygen atoms in total. The highest BCUT2D eigenvalue weighted by Crippen LogP contribution is 2.44. The predicted octanol–water partition coefficient (Wildman–Crippen LogP) is 5.23. The van der Waals surface area contributed by atoms with Gasteiger partial charge in [-0.3, -0.25) is 4.79 Å². The number of ether oxygens (including phenoxy) is 1. The first-order valence-corrected chi connectivity index (χ1v) is 11.5. The normalized spacial score (nSPS) is 19.0. The Hall–Kier alpha value is -3.52. The van der Waals surface area contributed by atoms with Crippen molar-refractivity contribution in [2.75, 3.05) is 17.7 Å². The number of anilines is 2. The number of aromatic nitrogens is 2. The molecule has 1 aromatic carbocycles. The Morgan fingerprint density at radius 1 is 1.35 bits per heavy atom. The molecule has 5 rings (SSSR count). The third-order valence-corrected chi connectivity index (χ3v) is 7.39. The van der Waals surface area contributed by atoms with Gasteiger partial charge in [0.15, 0.2) is 11.7 Å². The van der Waals surface area contributed by atoms with Crippen LogP contribution in [0.1, 0.15) is 57.0 Å². The van der Waals surface area contributed by atoms with E-state index in [1.807, 2.05) is 0 Å². The third-order valence-electron chi connectivity index (χ3n) is 6.18. The number of halogens is 3. The lowest BCUT2D eigenvalue weighted by atomic mass is 9.97. The number of rotatable bonds is 4. The molecule has 176 valence electrons. The second kappa shape index (κ2) is 8.36. The fraction of sp³-hybridized carbons (Fsp3) is 0.348. The third kappa shape index (κ3) is 3.88. The monoisotopic (exact) mass is 487 g/mol. The molecule has 0 fully saturated rings. The van der Waals surface area contributed by atoms with Gasteiger partial charge in [-0.15, -0.1) is 11.3 Å². The molecule has 2 N–H and O–H groups in total. The number of benzene rings is 1. The van der Waals surface area contributed by atoms with Crippen molar-refractivity contribution in [3.8, 4) is 11.8 Å². The van der Waals surface area contributed by atoms with Crippen molar-refractivity contribution in [2.24, 2.45) is 0 Å². The summed E-state index contributed by atoms with van der Waals surface area (Å²) in [6, 6.07) is 7.76. The van der Waals surface area contributed by atoms with Gasteiger partial charge in [0.2, 0.25) is 0 Å². The molecule has 0 saturated heterocycles. The van der Waals surface area contributed by atoms with Crippen LogP contribution in [0.4, 0.5) is 24.0 Å². The summed E-state index contributed by atoms with van der Waals surface area (Å²) in [5, 5.41) is 19.7. The lowest BCUT2D eigenvalue weighted by Gasteiger charge is -2.33. The molecule has 0 saturated carbocycles. The van der Waals surface area contributed by atoms with Crippen LogP contribution in [0.15, 0.2) is 30.3 Å². The molecule has 2 aromatic heterocycles. The molecule has 2 atom stereocenters. The summed E-state index contributed by atoms with van der Waals surface area (Å²) in [6.45, 7) is 0. The minimum Gasteiger partial charge on any atom is -0.497 e. The minimum atomic E-state index is -4.56. The molecule has 2 aliphatic rings. The molecule has 3 heterocycles. The minimum absolute atomic E-state index is 0.0979. The summed E-state index contributed by atoms with van der Waals surface area (Å²) in [5.41, 5.74) is 1.87. The number of methoxy groups -OCH3 is 1. The molecule has 2 unspecified atom stereocenters. The standard InChI is InChI=1S/C23H20F3N5O2S/c1-33-13-5-2-4-12(8-13)16-9-19(23(24,25)26)31-20(28-16)10-17(30-31)21(32)29-22-15(11-27)14-6-3-7-18(14)34-22/h2,4-5,8,10,16,19,28H,3,6-7,9H2,1H3,(H,29,32). The average molecular weight is 488 g/mol. The van der Waals surface area contributed by atoms with Gasteiger partial charge in [0.1, 0.15) is 22.6 Å². The molecule has 11 heteroatoms. The first-order chi connectivity index (χ1) is 16.3. The number of aryl methyl sites for hydroxylation is 1. The van der Waals surface area contributed by atoms with Gasteiger partial charge in [-0.2, -0.15) is 23.5 Å². The van der Waals surface area contributed by atoms with E-state index in [1.54, 1.807) is 24.3 Å². The lowest BCUT2D eigenvalue weighted by molar-refractivity contribution is -0.173. The van der Waals surface area contributed by atoms with E-state index in [4.69, 9.17) is 4.74 Å². The lowest BCUT2D eigenvalue weighted by Crippen LogP contribution is -2.35. The molecule has 34 heavy (non-hydrogen) atoms. The Morgan fingerprint density at radius 2 is 2.18 bits per heavy atom. The van der Waals surface area contributed by atoms with Crippen molar-refractivity contribution in [3.63, 3.8) is 0 Å². The van der Waals surface area contributed by atoms with Crippen molar-refractivity contribution >= 4 is 28.1 Å². The van der Waals surface area contributed by atoms with Gasteiger partial charge >= 0.3 is 6.18 Å². The Kier molecular flexibility index (Phi) is 5.48. The zero-order chi connectivity index (χ0) is 24.0. The van der Waals surface area contributed by atoms with Crippen molar-refractivity contribution in [3.05, 3.63) is 57.6 Å². The summed E-state index contributed by atoms with van der Waals surface area (Å²) in [4.78, 5) is 14.0. The first-order valence-electron chi connectivity index (χ1n) is 10.7. The van der Waals surface area contributed by atoms with Crippen LogP contribution in [-0.4, -0.2) is 29.0 Å². The van der Waals surface area contributed by atoms with Crippen LogP contribution in [-0.2, 0) is 12.8 Å². The van der Waals surface area contributed by atoms with E-state index in [-0.39, 0.29) is 17.9 Å². The summed E-state index contributed by atoms with van der Waals surface area (Å²) >= 11 is 1.34. The molecule has 1 aliphatic heterocycles. The zero-order valence-electron chi connectivity index (χ0n) is 18.1. The van der Waals surface area contributed by atoms with Gasteiger partial charge in [0, 0.05) is 17.4 Å². The molecule has 1 amide bonds. The molecule has 3 aromatic rings. The fourth-order valence-electron chi connectivity index (χ4n) is 4.54. The van der Waals surface area contributed by atoms with E-state index in [2.05, 4.69) is 21.8 Å². The smallest absolute Gasteiger partial charge is 0.410 e. The van der Waals surface area contributed by atoms with E-state index in [1.165, 1.54) is 24.5 Å². The van der Waals surface area contributed by atoms with Crippen molar-refractivity contribution in [1.82, 2.24) is 9.78 Å². The van der Waals surface area contributed by atoms with Crippen molar-refractivity contribution < 1.29 is 22.7 Å². The maximum Gasteiger partial charge on any atom is 0.410 e. The average Bonchev–Trinajstić information content (AvgIpc) is 3.51. The number of nitrogens with zero attached hydrogens (tertiary/aromatic N) is 3. The Bertz CT molecular complexity index is 1310. The Morgan fingerprint density at radius 3 is 2.91 bits per heavy atom. The van der Waals surface area contributed by atoms with Crippen LogP contribution in [0.3, 0.4) is 0 Å². The number of nitrogens with one attached hydrogen (secondary N) is 2. The second-order valence-electron chi connectivity index (χ2n) is 8.25. The highest BCUT2D eigenvalue weighted by atomic mass is 32.1. The first kappa shape index (κ1) is 22.3. The number of hydrogen-bond acceptors (Lipinski definition) is 6. The number of alkyl halides is 3. The SMILES string of the molecule is COc1cccc(C2CC(C(F)(F)F)n3nc(C(=O)Nc4sc5c(c4C#N)CCC5)cc3N2)c1. The number of nitriles is 1. The van der Waals surface area contributed by atoms with E-state index in [9.17, 15) is 23.2 Å². The van der Waals surface area contributed by atoms with Crippen LogP contribution < -0.4 is 15.4 Å². The quantitative estimate of drug-likeness (QED) is 0.526. The summed E-state index contributed by atoms with van der Waals surface area (Å²) < 4.78 is 47.9. The van der Waals surface area contributed by atoms with Gasteiger partial charge in [0.05, 0.1) is 18.7 Å². The van der Waals surface area contributed by atoms with Gasteiger partial charge in [0.25, 0.3) is 5.91 Å². The number of thiophene rings is 1. The largest absolute Gasteiger partial charge is 0.497 e. The maximum atomic E-state index is 14.0. The van der Waals surface area contributed by atoms with Gasteiger partial charge in [-0.1, -0.05) is 12.1 Å². The fourth-order valence-corrected chi connectivity index (χ4v) is 5.77. The van der Waals surface area contributed by atoms with Gasteiger partial charge in [-0.05, 0) is 42.5 Å². The number of hydrogen-bond donors (Lipinski definition) is 2. The molecule has 0 radical (unpaired) electrons. The summed E-state index contributed by atoms with van der Waals surface area (Å²) in [6.07, 6.45) is -2.24. The van der Waals surface area contributed by atoms with Crippen LogP contribution in [0.2, 0.25) is 0 Å². The number of carbonyl (C=O) groups excluding carboxylic acids is 1. The van der Waals surface area contributed by atoms with Crippen LogP contribution in [0, 0.1) is 11.3 Å². The predicted molar refractivity (Wildman–Crippen MR) is 120 cm³/mol. The molecular formula is C23H20F3N5O2S. The van der Waals surface area contributed by atoms with Crippen molar-refractivity contribution in [2.45, 2.75) is 43.9 Å².